The molecule has 154 valence electrons. The fraction of sp³-hybridized carbons (Fsp3) is 0.360. The summed E-state index contributed by atoms with van der Waals surface area (Å²) in [6.07, 6.45) is 10.9. The normalized spacial score (nSPS) is 14.3. The topological polar surface area (TPSA) is 0 Å². The van der Waals surface area contributed by atoms with Gasteiger partial charge in [-0.25, -0.2) is 12.1 Å². The van der Waals surface area contributed by atoms with Gasteiger partial charge in [-0.1, -0.05) is 51.4 Å². The number of rotatable bonds is 1. The Morgan fingerprint density at radius 1 is 0.724 bits per heavy atom. The van der Waals surface area contributed by atoms with Crippen LogP contribution in [-0.2, 0) is 43.7 Å². The molecule has 0 aromatic heterocycles. The fourth-order valence-electron chi connectivity index (χ4n) is 4.02. The van der Waals surface area contributed by atoms with Gasteiger partial charge in [0.25, 0.3) is 0 Å². The van der Waals surface area contributed by atoms with Gasteiger partial charge in [0.2, 0.25) is 0 Å². The number of benzene rings is 1. The van der Waals surface area contributed by atoms with Crippen LogP contribution < -0.4 is 5.19 Å². The maximum Gasteiger partial charge on any atom is -0.0512 e. The van der Waals surface area contributed by atoms with Gasteiger partial charge < -0.3 is 0 Å². The summed E-state index contributed by atoms with van der Waals surface area (Å²) >= 11 is -1.95. The first-order chi connectivity index (χ1) is 14.1. The van der Waals surface area contributed by atoms with E-state index in [9.17, 15) is 0 Å². The Morgan fingerprint density at radius 3 is 1.66 bits per heavy atom. The monoisotopic (exact) mass is 518 g/mol. The molecule has 5 rings (SSSR count). The standard InChI is InChI=1S/2C9H11.C7H8Si.2ClH.Zr/c2*1-2-5-9-7-3-6-8(9)4-1;1-8-7-5-3-2-4-6-7;;;/h2*3,6-7H,1-2,4-5H2;2-6H,1H3;2*1H;/q2*-1;;;;+2/p-2. The minimum Gasteiger partial charge on any atom is -0.210 e. The van der Waals surface area contributed by atoms with Crippen molar-refractivity contribution in [3.05, 3.63) is 89.0 Å². The summed E-state index contributed by atoms with van der Waals surface area (Å²) in [5.74, 6) is 0. The molecule has 3 aromatic rings. The molecule has 29 heavy (non-hydrogen) atoms. The van der Waals surface area contributed by atoms with Crippen molar-refractivity contribution in [2.75, 3.05) is 0 Å². The zero-order valence-corrected chi connectivity index (χ0v) is 22.2. The second-order valence-corrected chi connectivity index (χ2v) is 28.8. The first kappa shape index (κ1) is 23.3. The molecule has 0 heterocycles. The third-order valence-electron chi connectivity index (χ3n) is 5.79. The molecule has 0 bridgehead atoms. The van der Waals surface area contributed by atoms with Crippen molar-refractivity contribution in [1.29, 1.82) is 0 Å². The minimum absolute atomic E-state index is 0.557. The van der Waals surface area contributed by atoms with Gasteiger partial charge in [0.05, 0.1) is 0 Å². The van der Waals surface area contributed by atoms with Crippen molar-refractivity contribution < 1.29 is 18.0 Å². The van der Waals surface area contributed by atoms with Gasteiger partial charge in [-0.3, -0.25) is 0 Å². The van der Waals surface area contributed by atoms with Gasteiger partial charge in [-0.2, -0.15) is 46.5 Å². The Kier molecular flexibility index (Phi) is 9.99. The summed E-state index contributed by atoms with van der Waals surface area (Å²) in [6.45, 7) is 2.20. The second kappa shape index (κ2) is 12.5. The molecule has 2 aliphatic carbocycles. The Labute approximate surface area is 191 Å². The van der Waals surface area contributed by atoms with Crippen molar-refractivity contribution in [3.63, 3.8) is 0 Å². The minimum atomic E-state index is -1.95. The SMILES string of the molecule is C[Si](c1ccccc1)=[Zr]([Cl])[Cl].c1cc2c([cH-]1)CCCC2.c1cc2c([cH-]1)CCCC2. The number of hydrogen-bond acceptors (Lipinski definition) is 0. The summed E-state index contributed by atoms with van der Waals surface area (Å²) in [5, 5.41) is 1.37. The van der Waals surface area contributed by atoms with Gasteiger partial charge in [0, 0.05) is 0 Å². The van der Waals surface area contributed by atoms with Crippen molar-refractivity contribution in [2.24, 2.45) is 0 Å². The molecule has 0 atom stereocenters. The third-order valence-corrected chi connectivity index (χ3v) is 23.9. The van der Waals surface area contributed by atoms with Crippen molar-refractivity contribution in [1.82, 2.24) is 0 Å². The van der Waals surface area contributed by atoms with E-state index in [1.165, 1.54) is 56.6 Å². The number of halogens is 2. The van der Waals surface area contributed by atoms with E-state index < -0.39 is 23.4 Å². The van der Waals surface area contributed by atoms with Gasteiger partial charge in [0.1, 0.15) is 0 Å². The molecular formula is C25H30Cl2SiZr-2. The van der Waals surface area contributed by atoms with Crippen molar-refractivity contribution in [2.45, 2.75) is 57.9 Å². The molecule has 2 aliphatic rings. The molecule has 0 saturated heterocycles. The van der Waals surface area contributed by atoms with E-state index in [4.69, 9.17) is 17.0 Å². The average molecular weight is 521 g/mol. The van der Waals surface area contributed by atoms with Gasteiger partial charge >= 0.3 is 82.5 Å². The van der Waals surface area contributed by atoms with E-state index in [0.29, 0.717) is 0 Å². The van der Waals surface area contributed by atoms with Crippen LogP contribution in [0.25, 0.3) is 0 Å². The van der Waals surface area contributed by atoms with E-state index in [1.54, 1.807) is 22.3 Å². The van der Waals surface area contributed by atoms with E-state index in [2.05, 4.69) is 55.1 Å². The number of fused-ring (bicyclic) bond motifs is 2. The smallest absolute Gasteiger partial charge is 0.0512 e. The molecule has 0 N–H and O–H groups in total. The molecule has 3 aromatic carbocycles. The van der Waals surface area contributed by atoms with Crippen LogP contribution in [0.15, 0.2) is 66.7 Å². The molecule has 0 fully saturated rings. The molecule has 0 amide bonds. The van der Waals surface area contributed by atoms with Crippen LogP contribution in [0.1, 0.15) is 47.9 Å². The first-order valence-electron chi connectivity index (χ1n) is 10.7. The Morgan fingerprint density at radius 2 is 1.21 bits per heavy atom. The van der Waals surface area contributed by atoms with Crippen LogP contribution in [0.2, 0.25) is 6.55 Å². The maximum absolute atomic E-state index is 5.97. The molecule has 4 heteroatoms. The molecule has 0 spiro atoms. The molecule has 0 nitrogen and oxygen atoms in total. The van der Waals surface area contributed by atoms with Crippen LogP contribution >= 0.6 is 17.0 Å². The van der Waals surface area contributed by atoms with E-state index >= 15 is 0 Å². The predicted molar refractivity (Wildman–Crippen MR) is 127 cm³/mol. The Balaban J connectivity index is 0.000000125. The summed E-state index contributed by atoms with van der Waals surface area (Å²) in [7, 11) is 11.9. The first-order valence-corrected chi connectivity index (χ1v) is 22.7. The Bertz CT molecular complexity index is 817. The molecule has 0 saturated carbocycles. The summed E-state index contributed by atoms with van der Waals surface area (Å²) in [6, 6.07) is 23.7. The molecule has 0 radical (unpaired) electrons. The van der Waals surface area contributed by atoms with Gasteiger partial charge in [-0.15, -0.1) is 0 Å². The zero-order chi connectivity index (χ0) is 20.5. The molecule has 0 aliphatic heterocycles. The van der Waals surface area contributed by atoms with Crippen LogP contribution in [-0.4, -0.2) is 5.43 Å². The summed E-state index contributed by atoms with van der Waals surface area (Å²) < 4.78 is 0. The Hall–Kier alpha value is -0.400. The fourth-order valence-corrected chi connectivity index (χ4v) is 11.6. The largest absolute Gasteiger partial charge is 0.210 e. The van der Waals surface area contributed by atoms with E-state index in [0.717, 1.165) is 0 Å². The summed E-state index contributed by atoms with van der Waals surface area (Å²) in [4.78, 5) is 0. The second-order valence-electron chi connectivity index (χ2n) is 7.82. The van der Waals surface area contributed by atoms with Gasteiger partial charge in [-0.05, 0) is 0 Å². The van der Waals surface area contributed by atoms with Crippen LogP contribution in [0.5, 0.6) is 0 Å². The van der Waals surface area contributed by atoms with Crippen LogP contribution in [0.3, 0.4) is 0 Å². The van der Waals surface area contributed by atoms with Crippen molar-refractivity contribution >= 4 is 27.6 Å². The van der Waals surface area contributed by atoms with Crippen molar-refractivity contribution in [3.8, 4) is 0 Å². The molecular weight excluding hydrogens is 490 g/mol. The summed E-state index contributed by atoms with van der Waals surface area (Å²) in [5.41, 5.74) is 5.84. The van der Waals surface area contributed by atoms with E-state index in [1.807, 2.05) is 18.2 Å². The number of hydrogen-bond donors (Lipinski definition) is 0. The van der Waals surface area contributed by atoms with Crippen LogP contribution in [0.4, 0.5) is 0 Å². The average Bonchev–Trinajstić information content (AvgIpc) is 3.44. The molecule has 0 unspecified atom stereocenters. The predicted octanol–water partition coefficient (Wildman–Crippen LogP) is 7.01. The van der Waals surface area contributed by atoms with E-state index in [-0.39, 0.29) is 0 Å². The quantitative estimate of drug-likeness (QED) is 0.239. The zero-order valence-electron chi connectivity index (χ0n) is 17.3. The van der Waals surface area contributed by atoms with Crippen LogP contribution in [0, 0.1) is 0 Å². The maximum atomic E-state index is 5.97. The number of aryl methyl sites for hydroxylation is 4. The van der Waals surface area contributed by atoms with Gasteiger partial charge in [0.15, 0.2) is 0 Å². The third kappa shape index (κ3) is 7.35.